The van der Waals surface area contributed by atoms with E-state index in [0.29, 0.717) is 13.0 Å². The van der Waals surface area contributed by atoms with Crippen LogP contribution in [0.2, 0.25) is 5.02 Å². The Balaban J connectivity index is 2.05. The predicted octanol–water partition coefficient (Wildman–Crippen LogP) is 2.74. The number of nitrogens with zero attached hydrogens (tertiary/aromatic N) is 3. The van der Waals surface area contributed by atoms with E-state index in [4.69, 9.17) is 11.6 Å². The second-order valence-corrected chi connectivity index (χ2v) is 7.49. The van der Waals surface area contributed by atoms with Crippen molar-refractivity contribution in [2.24, 2.45) is 7.05 Å². The molecule has 0 bridgehead atoms. The summed E-state index contributed by atoms with van der Waals surface area (Å²) in [6.45, 7) is 0.380. The zero-order chi connectivity index (χ0) is 15.9. The number of hydrogen-bond donors (Lipinski definition) is 0. The Hall–Kier alpha value is -1.44. The minimum absolute atomic E-state index is 0.0251. The summed E-state index contributed by atoms with van der Waals surface area (Å²) < 4.78 is 42.2. The third kappa shape index (κ3) is 2.53. The van der Waals surface area contributed by atoms with Crippen LogP contribution in [0.5, 0.6) is 0 Å². The lowest BCUT2D eigenvalue weighted by Crippen LogP contribution is -2.32. The normalized spacial score (nSPS) is 19.7. The van der Waals surface area contributed by atoms with E-state index < -0.39 is 15.8 Å². The maximum Gasteiger partial charge on any atom is 0.245 e. The molecule has 1 aromatic heterocycles. The summed E-state index contributed by atoms with van der Waals surface area (Å²) in [5, 5.41) is 4.12. The van der Waals surface area contributed by atoms with Gasteiger partial charge in [-0.2, -0.15) is 9.40 Å². The van der Waals surface area contributed by atoms with Crippen molar-refractivity contribution in [3.8, 4) is 0 Å². The molecule has 5 nitrogen and oxygen atoms in total. The van der Waals surface area contributed by atoms with Crippen LogP contribution in [0, 0.1) is 5.82 Å². The maximum atomic E-state index is 13.4. The number of rotatable bonds is 3. The van der Waals surface area contributed by atoms with Gasteiger partial charge in [0.15, 0.2) is 0 Å². The van der Waals surface area contributed by atoms with E-state index in [9.17, 15) is 12.8 Å². The van der Waals surface area contributed by atoms with Gasteiger partial charge in [-0.1, -0.05) is 11.6 Å². The molecule has 0 amide bonds. The first-order valence-corrected chi connectivity index (χ1v) is 8.68. The number of halogens is 2. The summed E-state index contributed by atoms with van der Waals surface area (Å²) in [6.07, 6.45) is 3.07. The Morgan fingerprint density at radius 2 is 2.14 bits per heavy atom. The molecule has 118 valence electrons. The molecule has 1 aromatic carbocycles. The lowest BCUT2D eigenvalue weighted by Gasteiger charge is -2.24. The van der Waals surface area contributed by atoms with Crippen LogP contribution in [0.4, 0.5) is 4.39 Å². The van der Waals surface area contributed by atoms with E-state index in [-0.39, 0.29) is 16.0 Å². The van der Waals surface area contributed by atoms with Crippen LogP contribution >= 0.6 is 11.6 Å². The van der Waals surface area contributed by atoms with Crippen molar-refractivity contribution in [1.29, 1.82) is 0 Å². The Kier molecular flexibility index (Phi) is 3.96. The first-order valence-electron chi connectivity index (χ1n) is 6.86. The topological polar surface area (TPSA) is 55.2 Å². The monoisotopic (exact) mass is 343 g/mol. The molecule has 0 radical (unpaired) electrons. The standard InChI is InChI=1S/C14H15ClFN3O2S/c1-18-12(6-7-17-18)13-3-2-8-19(13)22(20,21)14-9-10(16)4-5-11(14)15/h4-7,9,13H,2-3,8H2,1H3. The number of aromatic nitrogens is 2. The first-order chi connectivity index (χ1) is 10.4. The molecule has 2 aromatic rings. The molecule has 0 N–H and O–H groups in total. The highest BCUT2D eigenvalue weighted by atomic mass is 35.5. The molecule has 1 unspecified atom stereocenters. The summed E-state index contributed by atoms with van der Waals surface area (Å²) in [5.41, 5.74) is 0.814. The summed E-state index contributed by atoms with van der Waals surface area (Å²) in [6, 6.07) is 4.86. The number of benzene rings is 1. The van der Waals surface area contributed by atoms with Gasteiger partial charge in [-0.25, -0.2) is 12.8 Å². The second-order valence-electron chi connectivity index (χ2n) is 5.23. The van der Waals surface area contributed by atoms with Gasteiger partial charge >= 0.3 is 0 Å². The SMILES string of the molecule is Cn1nccc1C1CCCN1S(=O)(=O)c1cc(F)ccc1Cl. The highest BCUT2D eigenvalue weighted by molar-refractivity contribution is 7.89. The van der Waals surface area contributed by atoms with E-state index in [2.05, 4.69) is 5.10 Å². The maximum absolute atomic E-state index is 13.4. The van der Waals surface area contributed by atoms with Gasteiger partial charge < -0.3 is 0 Å². The van der Waals surface area contributed by atoms with E-state index in [1.807, 2.05) is 0 Å². The van der Waals surface area contributed by atoms with Gasteiger partial charge in [-0.15, -0.1) is 0 Å². The number of aryl methyl sites for hydroxylation is 1. The van der Waals surface area contributed by atoms with Crippen LogP contribution in [-0.2, 0) is 17.1 Å². The van der Waals surface area contributed by atoms with Crippen LogP contribution < -0.4 is 0 Å². The van der Waals surface area contributed by atoms with Gasteiger partial charge in [0.25, 0.3) is 0 Å². The molecule has 1 atom stereocenters. The molecular formula is C14H15ClFN3O2S. The quantitative estimate of drug-likeness (QED) is 0.861. The molecule has 8 heteroatoms. The van der Waals surface area contributed by atoms with Gasteiger partial charge in [0.2, 0.25) is 10.0 Å². The van der Waals surface area contributed by atoms with Crippen LogP contribution in [0.25, 0.3) is 0 Å². The third-order valence-corrected chi connectivity index (χ3v) is 6.27. The summed E-state index contributed by atoms with van der Waals surface area (Å²) in [5.74, 6) is -0.626. The van der Waals surface area contributed by atoms with Crippen molar-refractivity contribution in [2.75, 3.05) is 6.54 Å². The third-order valence-electron chi connectivity index (χ3n) is 3.88. The molecule has 3 rings (SSSR count). The van der Waals surface area contributed by atoms with E-state index in [0.717, 1.165) is 24.2 Å². The fourth-order valence-corrected chi connectivity index (χ4v) is 4.99. The van der Waals surface area contributed by atoms with E-state index in [1.54, 1.807) is 24.0 Å². The lowest BCUT2D eigenvalue weighted by molar-refractivity contribution is 0.380. The Morgan fingerprint density at radius 1 is 1.36 bits per heavy atom. The minimum Gasteiger partial charge on any atom is -0.271 e. The molecule has 1 aliphatic heterocycles. The van der Waals surface area contributed by atoms with Gasteiger partial charge in [-0.3, -0.25) is 4.68 Å². The first kappa shape index (κ1) is 15.5. The highest BCUT2D eigenvalue weighted by Gasteiger charge is 2.38. The van der Waals surface area contributed by atoms with Gasteiger partial charge in [0.1, 0.15) is 10.7 Å². The molecule has 1 fully saturated rings. The molecule has 0 spiro atoms. The van der Waals surface area contributed by atoms with Crippen molar-refractivity contribution < 1.29 is 12.8 Å². The summed E-state index contributed by atoms with van der Waals surface area (Å²) >= 11 is 5.97. The fraction of sp³-hybridized carbons (Fsp3) is 0.357. The average Bonchev–Trinajstić information content (AvgIpc) is 3.09. The van der Waals surface area contributed by atoms with Crippen LogP contribution in [0.1, 0.15) is 24.6 Å². The van der Waals surface area contributed by atoms with Crippen molar-refractivity contribution in [3.05, 3.63) is 47.0 Å². The summed E-state index contributed by atoms with van der Waals surface area (Å²) in [7, 11) is -2.09. The highest BCUT2D eigenvalue weighted by Crippen LogP contribution is 2.37. The molecule has 22 heavy (non-hydrogen) atoms. The zero-order valence-corrected chi connectivity index (χ0v) is 13.5. The molecule has 0 saturated carbocycles. The van der Waals surface area contributed by atoms with E-state index in [1.165, 1.54) is 10.4 Å². The molecule has 2 heterocycles. The number of hydrogen-bond acceptors (Lipinski definition) is 3. The number of sulfonamides is 1. The molecule has 1 aliphatic rings. The van der Waals surface area contributed by atoms with Gasteiger partial charge in [0.05, 0.1) is 16.8 Å². The van der Waals surface area contributed by atoms with Crippen molar-refractivity contribution >= 4 is 21.6 Å². The molecule has 1 saturated heterocycles. The Bertz CT molecular complexity index is 806. The van der Waals surface area contributed by atoms with Crippen molar-refractivity contribution in [1.82, 2.24) is 14.1 Å². The summed E-state index contributed by atoms with van der Waals surface area (Å²) in [4.78, 5) is -0.191. The molecule has 0 aliphatic carbocycles. The van der Waals surface area contributed by atoms with Crippen LogP contribution in [-0.4, -0.2) is 29.0 Å². The lowest BCUT2D eigenvalue weighted by atomic mass is 10.1. The van der Waals surface area contributed by atoms with Crippen LogP contribution in [0.15, 0.2) is 35.4 Å². The fourth-order valence-electron chi connectivity index (χ4n) is 2.84. The minimum atomic E-state index is -3.86. The smallest absolute Gasteiger partial charge is 0.245 e. The average molecular weight is 344 g/mol. The predicted molar refractivity (Wildman–Crippen MR) is 80.5 cm³/mol. The Labute approximate surface area is 133 Å². The largest absolute Gasteiger partial charge is 0.271 e. The van der Waals surface area contributed by atoms with Gasteiger partial charge in [0, 0.05) is 19.8 Å². The van der Waals surface area contributed by atoms with Gasteiger partial charge in [-0.05, 0) is 37.1 Å². The van der Waals surface area contributed by atoms with Crippen molar-refractivity contribution in [2.45, 2.75) is 23.8 Å². The van der Waals surface area contributed by atoms with Crippen molar-refractivity contribution in [3.63, 3.8) is 0 Å². The molecular weight excluding hydrogens is 329 g/mol. The Morgan fingerprint density at radius 3 is 2.82 bits per heavy atom. The van der Waals surface area contributed by atoms with Crippen LogP contribution in [0.3, 0.4) is 0 Å². The van der Waals surface area contributed by atoms with E-state index >= 15 is 0 Å². The zero-order valence-electron chi connectivity index (χ0n) is 11.9. The second kappa shape index (κ2) is 5.64.